The van der Waals surface area contributed by atoms with E-state index in [9.17, 15) is 13.6 Å². The third-order valence-corrected chi connectivity index (χ3v) is 4.00. The van der Waals surface area contributed by atoms with E-state index in [4.69, 9.17) is 17.3 Å². The Morgan fingerprint density at radius 2 is 2.14 bits per heavy atom. The van der Waals surface area contributed by atoms with E-state index in [1.807, 2.05) is 6.92 Å². The van der Waals surface area contributed by atoms with Gasteiger partial charge < -0.3 is 11.1 Å². The monoisotopic (exact) mass is 358 g/mol. The maximum atomic E-state index is 12.3. The number of hydrogen-bond donors (Lipinski definition) is 2. The zero-order valence-corrected chi connectivity index (χ0v) is 13.8. The van der Waals surface area contributed by atoms with Gasteiger partial charge in [0.05, 0.1) is 16.5 Å². The van der Waals surface area contributed by atoms with Crippen LogP contribution in [0.3, 0.4) is 0 Å². The van der Waals surface area contributed by atoms with E-state index in [2.05, 4.69) is 5.32 Å². The van der Waals surface area contributed by atoms with Crippen LogP contribution in [0.2, 0.25) is 5.02 Å². The maximum Gasteiger partial charge on any atom is 0.247 e. The Labute approximate surface area is 138 Å². The van der Waals surface area contributed by atoms with E-state index in [-0.39, 0.29) is 36.5 Å². The lowest BCUT2D eigenvalue weighted by Gasteiger charge is -2.12. The normalized spacial score (nSPS) is 11.9. The van der Waals surface area contributed by atoms with Crippen LogP contribution in [0.4, 0.5) is 14.5 Å². The van der Waals surface area contributed by atoms with Gasteiger partial charge in [0.15, 0.2) is 0 Å². The number of rotatable bonds is 7. The van der Waals surface area contributed by atoms with Crippen molar-refractivity contribution in [1.29, 1.82) is 0 Å². The first kappa shape index (κ1) is 20.4. The molecule has 0 aromatic heterocycles. The molecule has 8 heteroatoms. The molecule has 0 spiro atoms. The largest absolute Gasteiger partial charge is 0.328 e. The highest BCUT2D eigenvalue weighted by atomic mass is 35.5. The summed E-state index contributed by atoms with van der Waals surface area (Å²) in [6, 6.07) is 4.85. The minimum atomic E-state index is -2.43. The van der Waals surface area contributed by atoms with Gasteiger partial charge in [-0.1, -0.05) is 17.7 Å². The number of nitrogens with one attached hydrogen (secondary N) is 1. The molecule has 0 fully saturated rings. The maximum absolute atomic E-state index is 12.3. The third-order valence-electron chi connectivity index (χ3n) is 2.42. The first-order chi connectivity index (χ1) is 9.40. The fourth-order valence-corrected chi connectivity index (χ4v) is 2.58. The molecule has 1 atom stereocenters. The molecule has 0 aliphatic heterocycles. The molecule has 0 saturated heterocycles. The molecule has 1 aromatic rings. The molecule has 0 bridgehead atoms. The molecule has 0 heterocycles. The van der Waals surface area contributed by atoms with Crippen molar-refractivity contribution in [3.63, 3.8) is 0 Å². The number of carbonyl (C=O) groups is 1. The summed E-state index contributed by atoms with van der Waals surface area (Å²) in [7, 11) is 0. The van der Waals surface area contributed by atoms with E-state index in [1.54, 1.807) is 18.2 Å². The van der Waals surface area contributed by atoms with Gasteiger partial charge in [-0.15, -0.1) is 24.2 Å². The van der Waals surface area contributed by atoms with Crippen LogP contribution in [0, 0.1) is 0 Å². The summed E-state index contributed by atoms with van der Waals surface area (Å²) in [6.07, 6.45) is -1.59. The number of anilines is 1. The zero-order valence-electron chi connectivity index (χ0n) is 11.4. The Balaban J connectivity index is 0.00000400. The van der Waals surface area contributed by atoms with Crippen molar-refractivity contribution in [3.05, 3.63) is 23.2 Å². The second-order valence-corrected chi connectivity index (χ2v) is 5.82. The molecule has 3 N–H and O–H groups in total. The van der Waals surface area contributed by atoms with Gasteiger partial charge in [-0.2, -0.15) is 0 Å². The quantitative estimate of drug-likeness (QED) is 0.718. The number of hydrogen-bond acceptors (Lipinski definition) is 3. The van der Waals surface area contributed by atoms with Crippen molar-refractivity contribution in [1.82, 2.24) is 0 Å². The third kappa shape index (κ3) is 7.85. The van der Waals surface area contributed by atoms with Crippen LogP contribution in [0.25, 0.3) is 0 Å². The Hall–Kier alpha value is -0.560. The van der Waals surface area contributed by atoms with Crippen molar-refractivity contribution >= 4 is 47.4 Å². The first-order valence-corrected chi connectivity index (χ1v) is 7.51. The van der Waals surface area contributed by atoms with E-state index in [0.717, 1.165) is 11.8 Å². The van der Waals surface area contributed by atoms with Crippen LogP contribution < -0.4 is 11.1 Å². The van der Waals surface area contributed by atoms with Gasteiger partial charge in [0.2, 0.25) is 12.3 Å². The lowest BCUT2D eigenvalue weighted by Crippen LogP contribution is -2.19. The summed E-state index contributed by atoms with van der Waals surface area (Å²) < 4.78 is 24.6. The number of halogens is 4. The van der Waals surface area contributed by atoms with E-state index < -0.39 is 6.43 Å². The molecule has 0 saturated carbocycles. The van der Waals surface area contributed by atoms with Crippen LogP contribution in [0.15, 0.2) is 23.1 Å². The molecule has 21 heavy (non-hydrogen) atoms. The van der Waals surface area contributed by atoms with E-state index >= 15 is 0 Å². The SMILES string of the molecule is CC(N)CCC(=O)Nc1cccc(Cl)c1SCC(F)F.Cl. The molecule has 0 radical (unpaired) electrons. The Bertz CT molecular complexity index is 462. The van der Waals surface area contributed by atoms with Crippen molar-refractivity contribution < 1.29 is 13.6 Å². The van der Waals surface area contributed by atoms with Crippen LogP contribution in [-0.2, 0) is 4.79 Å². The number of carbonyl (C=O) groups excluding carboxylic acids is 1. The molecule has 1 unspecified atom stereocenters. The van der Waals surface area contributed by atoms with E-state index in [1.165, 1.54) is 0 Å². The molecule has 1 amide bonds. The highest BCUT2D eigenvalue weighted by Gasteiger charge is 2.13. The van der Waals surface area contributed by atoms with Crippen LogP contribution in [0.1, 0.15) is 19.8 Å². The first-order valence-electron chi connectivity index (χ1n) is 6.15. The molecular weight excluding hydrogens is 341 g/mol. The highest BCUT2D eigenvalue weighted by molar-refractivity contribution is 7.99. The standard InChI is InChI=1S/C13H17ClF2N2OS.ClH/c1-8(17)5-6-12(19)18-10-4-2-3-9(14)13(10)20-7-11(15)16;/h2-4,8,11H,5-7,17H2,1H3,(H,18,19);1H. The minimum Gasteiger partial charge on any atom is -0.328 e. The Kier molecular flexibility index (Phi) is 9.94. The fraction of sp³-hybridized carbons (Fsp3) is 0.462. The molecule has 120 valence electrons. The molecule has 3 nitrogen and oxygen atoms in total. The minimum absolute atomic E-state index is 0. The van der Waals surface area contributed by atoms with Crippen LogP contribution in [0.5, 0.6) is 0 Å². The van der Waals surface area contributed by atoms with Crippen LogP contribution >= 0.6 is 35.8 Å². The van der Waals surface area contributed by atoms with Gasteiger partial charge in [-0.3, -0.25) is 4.79 Å². The Morgan fingerprint density at radius 1 is 1.48 bits per heavy atom. The van der Waals surface area contributed by atoms with Gasteiger partial charge in [-0.05, 0) is 25.5 Å². The number of benzene rings is 1. The fourth-order valence-electron chi connectivity index (χ4n) is 1.47. The Morgan fingerprint density at radius 3 is 2.71 bits per heavy atom. The van der Waals surface area contributed by atoms with E-state index in [0.29, 0.717) is 22.0 Å². The number of thioether (sulfide) groups is 1. The molecule has 0 aliphatic carbocycles. The number of amides is 1. The number of alkyl halides is 2. The zero-order chi connectivity index (χ0) is 15.1. The van der Waals surface area contributed by atoms with Gasteiger partial charge in [0.1, 0.15) is 0 Å². The summed E-state index contributed by atoms with van der Waals surface area (Å²) in [5.74, 6) is -0.574. The summed E-state index contributed by atoms with van der Waals surface area (Å²) >= 11 is 6.91. The van der Waals surface area contributed by atoms with Crippen molar-refractivity contribution in [3.8, 4) is 0 Å². The predicted molar refractivity (Wildman–Crippen MR) is 86.9 cm³/mol. The average Bonchev–Trinajstić information content (AvgIpc) is 2.35. The molecular formula is C13H18Cl2F2N2OS. The van der Waals surface area contributed by atoms with Gasteiger partial charge in [0.25, 0.3) is 0 Å². The van der Waals surface area contributed by atoms with Gasteiger partial charge in [-0.25, -0.2) is 8.78 Å². The van der Waals surface area contributed by atoms with Crippen molar-refractivity contribution in [2.45, 2.75) is 37.1 Å². The lowest BCUT2D eigenvalue weighted by atomic mass is 10.2. The smallest absolute Gasteiger partial charge is 0.247 e. The average molecular weight is 359 g/mol. The van der Waals surface area contributed by atoms with Gasteiger partial charge >= 0.3 is 0 Å². The van der Waals surface area contributed by atoms with Crippen LogP contribution in [-0.4, -0.2) is 24.1 Å². The molecule has 1 aromatic carbocycles. The topological polar surface area (TPSA) is 55.1 Å². The number of nitrogens with two attached hydrogens (primary N) is 1. The second kappa shape index (κ2) is 10.2. The predicted octanol–water partition coefficient (Wildman–Crippen LogP) is 4.18. The summed E-state index contributed by atoms with van der Waals surface area (Å²) in [4.78, 5) is 12.2. The second-order valence-electron chi connectivity index (χ2n) is 4.38. The van der Waals surface area contributed by atoms with Crippen molar-refractivity contribution in [2.75, 3.05) is 11.1 Å². The molecule has 1 rings (SSSR count). The van der Waals surface area contributed by atoms with Crippen molar-refractivity contribution in [2.24, 2.45) is 5.73 Å². The lowest BCUT2D eigenvalue weighted by molar-refractivity contribution is -0.116. The summed E-state index contributed by atoms with van der Waals surface area (Å²) in [5.41, 5.74) is 6.04. The molecule has 0 aliphatic rings. The summed E-state index contributed by atoms with van der Waals surface area (Å²) in [6.45, 7) is 1.82. The summed E-state index contributed by atoms with van der Waals surface area (Å²) in [5, 5.41) is 3.03. The highest BCUT2D eigenvalue weighted by Crippen LogP contribution is 2.35. The van der Waals surface area contributed by atoms with Gasteiger partial charge in [0, 0.05) is 17.4 Å².